The summed E-state index contributed by atoms with van der Waals surface area (Å²) in [6.07, 6.45) is 7.72. The normalized spacial score (nSPS) is 15.4. The number of terminal acetylenes is 1. The fourth-order valence-corrected chi connectivity index (χ4v) is 1.65. The third-order valence-electron chi connectivity index (χ3n) is 2.84. The van der Waals surface area contributed by atoms with Crippen LogP contribution in [0.3, 0.4) is 0 Å². The average molecular weight is 260 g/mol. The topological polar surface area (TPSA) is 87.1 Å². The average Bonchev–Trinajstić information content (AvgIpc) is 3.23. The zero-order valence-electron chi connectivity index (χ0n) is 10.5. The van der Waals surface area contributed by atoms with Crippen molar-refractivity contribution in [3.63, 3.8) is 0 Å². The second-order valence-electron chi connectivity index (χ2n) is 4.50. The molecule has 0 bridgehead atoms. The van der Waals surface area contributed by atoms with Gasteiger partial charge in [0, 0.05) is 12.3 Å². The lowest BCUT2D eigenvalue weighted by molar-refractivity contribution is 0.225. The van der Waals surface area contributed by atoms with Gasteiger partial charge in [-0.15, -0.1) is 17.4 Å². The van der Waals surface area contributed by atoms with E-state index in [2.05, 4.69) is 26.8 Å². The summed E-state index contributed by atoms with van der Waals surface area (Å²) in [7, 11) is 0. The number of hydrogen-bond acceptors (Lipinski definition) is 4. The molecule has 6 nitrogen and oxygen atoms in total. The smallest absolute Gasteiger partial charge is 0.320 e. The Morgan fingerprint density at radius 1 is 1.53 bits per heavy atom. The molecule has 1 aromatic rings. The van der Waals surface area contributed by atoms with Gasteiger partial charge >= 0.3 is 6.03 Å². The summed E-state index contributed by atoms with van der Waals surface area (Å²) in [6, 6.07) is 2.67. The first-order chi connectivity index (χ1) is 9.22. The zero-order valence-corrected chi connectivity index (χ0v) is 10.5. The van der Waals surface area contributed by atoms with Crippen molar-refractivity contribution in [3.05, 3.63) is 17.8 Å². The van der Waals surface area contributed by atoms with Crippen LogP contribution in [0.4, 0.5) is 10.6 Å². The molecule has 0 aliphatic heterocycles. The number of nitrogens with one attached hydrogen (secondary N) is 2. The lowest BCUT2D eigenvalue weighted by Crippen LogP contribution is -2.40. The molecule has 1 aliphatic rings. The van der Waals surface area contributed by atoms with E-state index in [4.69, 9.17) is 11.5 Å². The summed E-state index contributed by atoms with van der Waals surface area (Å²) in [5, 5.41) is 22.1. The van der Waals surface area contributed by atoms with Crippen molar-refractivity contribution in [1.29, 1.82) is 0 Å². The van der Waals surface area contributed by atoms with E-state index in [0.29, 0.717) is 11.7 Å². The fourth-order valence-electron chi connectivity index (χ4n) is 1.65. The van der Waals surface area contributed by atoms with E-state index < -0.39 is 12.1 Å². The molecule has 1 aromatic heterocycles. The molecule has 0 aromatic carbocycles. The molecule has 0 radical (unpaired) electrons. The van der Waals surface area contributed by atoms with Crippen LogP contribution < -0.4 is 10.6 Å². The highest BCUT2D eigenvalue weighted by atomic mass is 16.3. The number of anilines is 1. The molecule has 19 heavy (non-hydrogen) atoms. The van der Waals surface area contributed by atoms with E-state index in [9.17, 15) is 4.79 Å². The number of aromatic nitrogens is 2. The first kappa shape index (κ1) is 13.3. The van der Waals surface area contributed by atoms with Crippen LogP contribution in [0, 0.1) is 12.3 Å². The van der Waals surface area contributed by atoms with Gasteiger partial charge in [-0.1, -0.05) is 0 Å². The SMILES string of the molecule is C#CCC(CO)NC(=O)Nc1ccc(C2CC2)nn1. The number of aliphatic hydroxyl groups is 1. The van der Waals surface area contributed by atoms with Gasteiger partial charge in [0.15, 0.2) is 5.82 Å². The Morgan fingerprint density at radius 3 is 2.84 bits per heavy atom. The number of amides is 2. The maximum Gasteiger partial charge on any atom is 0.320 e. The minimum absolute atomic E-state index is 0.204. The first-order valence-corrected chi connectivity index (χ1v) is 6.18. The van der Waals surface area contributed by atoms with E-state index in [1.54, 1.807) is 6.07 Å². The van der Waals surface area contributed by atoms with Crippen molar-refractivity contribution in [2.24, 2.45) is 0 Å². The number of rotatable bonds is 5. The zero-order chi connectivity index (χ0) is 13.7. The number of carbonyl (C=O) groups is 1. The molecule has 1 atom stereocenters. The van der Waals surface area contributed by atoms with Gasteiger partial charge in [0.2, 0.25) is 0 Å². The van der Waals surface area contributed by atoms with Crippen LogP contribution in [0.2, 0.25) is 0 Å². The second kappa shape index (κ2) is 6.16. The van der Waals surface area contributed by atoms with E-state index in [1.807, 2.05) is 6.07 Å². The summed E-state index contributed by atoms with van der Waals surface area (Å²) in [4.78, 5) is 11.6. The lowest BCUT2D eigenvalue weighted by Gasteiger charge is -2.13. The van der Waals surface area contributed by atoms with Crippen LogP contribution >= 0.6 is 0 Å². The van der Waals surface area contributed by atoms with Gasteiger partial charge in [-0.25, -0.2) is 4.79 Å². The van der Waals surface area contributed by atoms with Gasteiger partial charge < -0.3 is 10.4 Å². The highest BCUT2D eigenvalue weighted by Gasteiger charge is 2.25. The van der Waals surface area contributed by atoms with E-state index >= 15 is 0 Å². The predicted octanol–water partition coefficient (Wildman–Crippen LogP) is 0.860. The number of aliphatic hydroxyl groups excluding tert-OH is 1. The molecular weight excluding hydrogens is 244 g/mol. The van der Waals surface area contributed by atoms with Crippen LogP contribution in [0.5, 0.6) is 0 Å². The predicted molar refractivity (Wildman–Crippen MR) is 70.5 cm³/mol. The molecule has 1 unspecified atom stereocenters. The molecule has 3 N–H and O–H groups in total. The van der Waals surface area contributed by atoms with E-state index in [-0.39, 0.29) is 13.0 Å². The molecule has 100 valence electrons. The van der Waals surface area contributed by atoms with Crippen molar-refractivity contribution < 1.29 is 9.90 Å². The Labute approximate surface area is 111 Å². The fraction of sp³-hybridized carbons (Fsp3) is 0.462. The summed E-state index contributed by atoms with van der Waals surface area (Å²) >= 11 is 0. The Kier molecular flexibility index (Phi) is 4.31. The highest BCUT2D eigenvalue weighted by Crippen LogP contribution is 2.38. The van der Waals surface area contributed by atoms with E-state index in [0.717, 1.165) is 18.5 Å². The van der Waals surface area contributed by atoms with Crippen molar-refractivity contribution in [2.75, 3.05) is 11.9 Å². The number of urea groups is 1. The van der Waals surface area contributed by atoms with Crippen molar-refractivity contribution in [2.45, 2.75) is 31.2 Å². The Hall–Kier alpha value is -2.13. The summed E-state index contributed by atoms with van der Waals surface area (Å²) in [6.45, 7) is -0.204. The van der Waals surface area contributed by atoms with Crippen LogP contribution in [0.25, 0.3) is 0 Å². The van der Waals surface area contributed by atoms with Gasteiger partial charge in [0.1, 0.15) is 0 Å². The largest absolute Gasteiger partial charge is 0.394 e. The Balaban J connectivity index is 1.85. The van der Waals surface area contributed by atoms with E-state index in [1.165, 1.54) is 0 Å². The maximum absolute atomic E-state index is 11.6. The molecule has 2 rings (SSSR count). The van der Waals surface area contributed by atoms with Crippen molar-refractivity contribution in [1.82, 2.24) is 15.5 Å². The second-order valence-corrected chi connectivity index (χ2v) is 4.50. The third-order valence-corrected chi connectivity index (χ3v) is 2.84. The van der Waals surface area contributed by atoms with Crippen molar-refractivity contribution in [3.8, 4) is 12.3 Å². The van der Waals surface area contributed by atoms with Crippen LogP contribution in [0.1, 0.15) is 30.9 Å². The van der Waals surface area contributed by atoms with Crippen LogP contribution in [0.15, 0.2) is 12.1 Å². The van der Waals surface area contributed by atoms with Gasteiger partial charge in [-0.3, -0.25) is 5.32 Å². The molecule has 1 aliphatic carbocycles. The molecule has 1 saturated carbocycles. The highest BCUT2D eigenvalue weighted by molar-refractivity contribution is 5.88. The van der Waals surface area contributed by atoms with Gasteiger partial charge in [0.05, 0.1) is 18.3 Å². The minimum Gasteiger partial charge on any atom is -0.394 e. The van der Waals surface area contributed by atoms with Crippen LogP contribution in [-0.4, -0.2) is 34.0 Å². The Morgan fingerprint density at radius 2 is 2.32 bits per heavy atom. The molecule has 2 amide bonds. The standard InChI is InChI=1S/C13H16N4O2/c1-2-3-10(8-18)14-13(19)15-12-7-6-11(16-17-12)9-4-5-9/h1,6-7,9-10,18H,3-5,8H2,(H2,14,15,17,19). The van der Waals surface area contributed by atoms with Crippen molar-refractivity contribution >= 4 is 11.8 Å². The third kappa shape index (κ3) is 3.93. The Bertz CT molecular complexity index is 476. The molecule has 0 spiro atoms. The van der Waals surface area contributed by atoms with Gasteiger partial charge in [-0.05, 0) is 25.0 Å². The lowest BCUT2D eigenvalue weighted by atomic mass is 10.2. The molecule has 6 heteroatoms. The minimum atomic E-state index is -0.456. The molecule has 0 saturated heterocycles. The summed E-state index contributed by atoms with van der Waals surface area (Å²) in [5.74, 6) is 3.29. The number of carbonyl (C=O) groups excluding carboxylic acids is 1. The maximum atomic E-state index is 11.6. The molecular formula is C13H16N4O2. The van der Waals surface area contributed by atoms with Crippen LogP contribution in [-0.2, 0) is 0 Å². The monoisotopic (exact) mass is 260 g/mol. The molecule has 1 heterocycles. The van der Waals surface area contributed by atoms with Gasteiger partial charge in [-0.2, -0.15) is 5.10 Å². The molecule has 1 fully saturated rings. The first-order valence-electron chi connectivity index (χ1n) is 6.18. The number of hydrogen-bond donors (Lipinski definition) is 3. The summed E-state index contributed by atoms with van der Waals surface area (Å²) < 4.78 is 0. The quantitative estimate of drug-likeness (QED) is 0.685. The summed E-state index contributed by atoms with van der Waals surface area (Å²) in [5.41, 5.74) is 0.964. The van der Waals surface area contributed by atoms with Gasteiger partial charge in [0.25, 0.3) is 0 Å². The number of nitrogens with zero attached hydrogens (tertiary/aromatic N) is 2.